The van der Waals surface area contributed by atoms with Gasteiger partial charge in [-0.1, -0.05) is 29.8 Å². The molecule has 2 rings (SSSR count). The Labute approximate surface area is 155 Å². The lowest BCUT2D eigenvalue weighted by molar-refractivity contribution is -0.384. The number of benzene rings is 2. The molecule has 0 spiro atoms. The zero-order chi connectivity index (χ0) is 19.3. The molecule has 0 saturated carbocycles. The lowest BCUT2D eigenvalue weighted by atomic mass is 10.1. The molecular weight excluding hydrogens is 358 g/mol. The molecule has 1 N–H and O–H groups in total. The van der Waals surface area contributed by atoms with Crippen molar-refractivity contribution < 1.29 is 14.5 Å². The number of hydrogen-bond acceptors (Lipinski definition) is 4. The molecule has 2 amide bonds. The predicted octanol–water partition coefficient (Wildman–Crippen LogP) is 3.60. The number of halogens is 1. The van der Waals surface area contributed by atoms with Gasteiger partial charge in [0.05, 0.1) is 16.2 Å². The second kappa shape index (κ2) is 8.26. The molecule has 0 aliphatic rings. The van der Waals surface area contributed by atoms with Gasteiger partial charge in [0, 0.05) is 26.2 Å². The van der Waals surface area contributed by atoms with Gasteiger partial charge in [-0.05, 0) is 29.8 Å². The van der Waals surface area contributed by atoms with Gasteiger partial charge in [0.25, 0.3) is 11.6 Å². The van der Waals surface area contributed by atoms with E-state index in [1.165, 1.54) is 29.2 Å². The Morgan fingerprint density at radius 3 is 2.54 bits per heavy atom. The molecule has 0 aliphatic carbocycles. The molecule has 8 heteroatoms. The van der Waals surface area contributed by atoms with E-state index in [0.29, 0.717) is 16.8 Å². The van der Waals surface area contributed by atoms with E-state index in [0.717, 1.165) is 0 Å². The number of rotatable bonds is 5. The van der Waals surface area contributed by atoms with Gasteiger partial charge in [-0.3, -0.25) is 19.7 Å². The number of nitro groups is 1. The fraction of sp³-hybridized carbons (Fsp3) is 0.111. The Balaban J connectivity index is 2.17. The number of nitrogens with one attached hydrogen (secondary N) is 1. The van der Waals surface area contributed by atoms with Crippen molar-refractivity contribution in [3.05, 3.63) is 74.8 Å². The molecule has 26 heavy (non-hydrogen) atoms. The van der Waals surface area contributed by atoms with Gasteiger partial charge in [-0.2, -0.15) is 0 Å². The number of hydrogen-bond donors (Lipinski definition) is 1. The summed E-state index contributed by atoms with van der Waals surface area (Å²) >= 11 is 5.75. The number of carbonyl (C=O) groups excluding carboxylic acids is 2. The minimum absolute atomic E-state index is 0.0210. The Morgan fingerprint density at radius 1 is 1.19 bits per heavy atom. The van der Waals surface area contributed by atoms with Crippen molar-refractivity contribution in [3.8, 4) is 0 Å². The molecule has 0 fully saturated rings. The van der Waals surface area contributed by atoms with Gasteiger partial charge in [-0.15, -0.1) is 0 Å². The summed E-state index contributed by atoms with van der Waals surface area (Å²) in [6, 6.07) is 10.9. The average molecular weight is 374 g/mol. The third-order valence-corrected chi connectivity index (χ3v) is 3.74. The van der Waals surface area contributed by atoms with Crippen LogP contribution in [0.25, 0.3) is 6.08 Å². The first-order valence-electron chi connectivity index (χ1n) is 7.53. The van der Waals surface area contributed by atoms with E-state index in [1.54, 1.807) is 44.4 Å². The van der Waals surface area contributed by atoms with Gasteiger partial charge in [-0.25, -0.2) is 0 Å². The maximum atomic E-state index is 12.1. The molecule has 2 aromatic rings. The fourth-order valence-electron chi connectivity index (χ4n) is 2.14. The summed E-state index contributed by atoms with van der Waals surface area (Å²) in [5.41, 5.74) is 0.953. The SMILES string of the molecule is CN(C)C(=O)c1ccccc1NC(=O)/C=C/c1ccc(Cl)c([N+](=O)[O-])c1. The molecule has 0 aliphatic heterocycles. The maximum Gasteiger partial charge on any atom is 0.288 e. The monoisotopic (exact) mass is 373 g/mol. The highest BCUT2D eigenvalue weighted by molar-refractivity contribution is 6.32. The molecule has 0 bridgehead atoms. The first-order chi connectivity index (χ1) is 12.3. The van der Waals surface area contributed by atoms with Crippen LogP contribution in [-0.4, -0.2) is 35.7 Å². The molecule has 7 nitrogen and oxygen atoms in total. The second-order valence-electron chi connectivity index (χ2n) is 5.54. The standard InChI is InChI=1S/C18H16ClN3O4/c1-21(2)18(24)13-5-3-4-6-15(13)20-17(23)10-8-12-7-9-14(19)16(11-12)22(25)26/h3-11H,1-2H3,(H,20,23)/b10-8+. The summed E-state index contributed by atoms with van der Waals surface area (Å²) in [6.07, 6.45) is 2.65. The minimum atomic E-state index is -0.594. The van der Waals surface area contributed by atoms with Crippen LogP contribution in [0.4, 0.5) is 11.4 Å². The van der Waals surface area contributed by atoms with Crippen molar-refractivity contribution in [2.24, 2.45) is 0 Å². The highest BCUT2D eigenvalue weighted by Crippen LogP contribution is 2.25. The van der Waals surface area contributed by atoms with E-state index in [1.807, 2.05) is 0 Å². The zero-order valence-corrected chi connectivity index (χ0v) is 14.9. The second-order valence-corrected chi connectivity index (χ2v) is 5.94. The molecular formula is C18H16ClN3O4. The van der Waals surface area contributed by atoms with Crippen molar-refractivity contribution in [3.63, 3.8) is 0 Å². The molecule has 134 valence electrons. The number of nitrogens with zero attached hydrogens (tertiary/aromatic N) is 2. The number of carbonyl (C=O) groups is 2. The molecule has 0 heterocycles. The Morgan fingerprint density at radius 2 is 1.88 bits per heavy atom. The van der Waals surface area contributed by atoms with Crippen molar-refractivity contribution >= 4 is 40.9 Å². The summed E-state index contributed by atoms with van der Waals surface area (Å²) in [6.45, 7) is 0. The average Bonchev–Trinajstić information content (AvgIpc) is 2.60. The smallest absolute Gasteiger partial charge is 0.288 e. The van der Waals surface area contributed by atoms with Crippen LogP contribution in [0.1, 0.15) is 15.9 Å². The lowest BCUT2D eigenvalue weighted by Gasteiger charge is -2.14. The molecule has 2 aromatic carbocycles. The molecule has 0 unspecified atom stereocenters. The van der Waals surface area contributed by atoms with Crippen LogP contribution in [0, 0.1) is 10.1 Å². The quantitative estimate of drug-likeness (QED) is 0.492. The van der Waals surface area contributed by atoms with Gasteiger partial charge in [0.1, 0.15) is 5.02 Å². The first kappa shape index (κ1) is 19.1. The van der Waals surface area contributed by atoms with Crippen LogP contribution in [0.15, 0.2) is 48.5 Å². The van der Waals surface area contributed by atoms with Crippen LogP contribution in [0.2, 0.25) is 5.02 Å². The Hall–Kier alpha value is -3.19. The van der Waals surface area contributed by atoms with Crippen LogP contribution in [0.5, 0.6) is 0 Å². The third kappa shape index (κ3) is 4.67. The summed E-state index contributed by atoms with van der Waals surface area (Å²) in [7, 11) is 3.24. The predicted molar refractivity (Wildman–Crippen MR) is 100 cm³/mol. The van der Waals surface area contributed by atoms with E-state index < -0.39 is 10.8 Å². The van der Waals surface area contributed by atoms with E-state index in [9.17, 15) is 19.7 Å². The molecule has 0 atom stereocenters. The van der Waals surface area contributed by atoms with Gasteiger partial charge in [0.15, 0.2) is 0 Å². The first-order valence-corrected chi connectivity index (χ1v) is 7.91. The van der Waals surface area contributed by atoms with Gasteiger partial charge < -0.3 is 10.2 Å². The topological polar surface area (TPSA) is 92.6 Å². The fourth-order valence-corrected chi connectivity index (χ4v) is 2.33. The molecule has 0 radical (unpaired) electrons. The van der Waals surface area contributed by atoms with E-state index in [2.05, 4.69) is 5.32 Å². The van der Waals surface area contributed by atoms with E-state index in [4.69, 9.17) is 11.6 Å². The number of anilines is 1. The van der Waals surface area contributed by atoms with E-state index in [-0.39, 0.29) is 16.6 Å². The third-order valence-electron chi connectivity index (χ3n) is 3.42. The summed E-state index contributed by atoms with van der Waals surface area (Å²) < 4.78 is 0. The van der Waals surface area contributed by atoms with Crippen molar-refractivity contribution in [2.75, 3.05) is 19.4 Å². The Bertz CT molecular complexity index is 894. The van der Waals surface area contributed by atoms with Gasteiger partial charge in [0.2, 0.25) is 5.91 Å². The highest BCUT2D eigenvalue weighted by atomic mass is 35.5. The lowest BCUT2D eigenvalue weighted by Crippen LogP contribution is -2.23. The van der Waals surface area contributed by atoms with Crippen LogP contribution in [-0.2, 0) is 4.79 Å². The summed E-state index contributed by atoms with van der Waals surface area (Å²) in [5, 5.41) is 13.5. The highest BCUT2D eigenvalue weighted by Gasteiger charge is 2.14. The van der Waals surface area contributed by atoms with Crippen molar-refractivity contribution in [1.29, 1.82) is 0 Å². The Kier molecular flexibility index (Phi) is 6.08. The van der Waals surface area contributed by atoms with E-state index >= 15 is 0 Å². The maximum absolute atomic E-state index is 12.1. The number of nitro benzene ring substituents is 1. The van der Waals surface area contributed by atoms with Crippen LogP contribution < -0.4 is 5.32 Å². The minimum Gasteiger partial charge on any atom is -0.345 e. The van der Waals surface area contributed by atoms with Crippen molar-refractivity contribution in [1.82, 2.24) is 4.90 Å². The molecule has 0 aromatic heterocycles. The van der Waals surface area contributed by atoms with Crippen molar-refractivity contribution in [2.45, 2.75) is 0 Å². The number of amides is 2. The van der Waals surface area contributed by atoms with Gasteiger partial charge >= 0.3 is 0 Å². The molecule has 0 saturated heterocycles. The summed E-state index contributed by atoms with van der Waals surface area (Å²) in [5.74, 6) is -0.709. The largest absolute Gasteiger partial charge is 0.345 e. The zero-order valence-electron chi connectivity index (χ0n) is 14.1. The summed E-state index contributed by atoms with van der Waals surface area (Å²) in [4.78, 5) is 36.0. The normalized spacial score (nSPS) is 10.6. The van der Waals surface area contributed by atoms with Crippen LogP contribution >= 0.6 is 11.6 Å². The number of para-hydroxylation sites is 1. The van der Waals surface area contributed by atoms with Crippen LogP contribution in [0.3, 0.4) is 0 Å².